The van der Waals surface area contributed by atoms with Crippen LogP contribution in [0.3, 0.4) is 0 Å². The largest absolute Gasteiger partial charge is 0.354 e. The topological polar surface area (TPSA) is 86.8 Å². The summed E-state index contributed by atoms with van der Waals surface area (Å²) in [7, 11) is -3.92. The molecule has 0 radical (unpaired) electrons. The summed E-state index contributed by atoms with van der Waals surface area (Å²) in [6.45, 7) is 5.61. The van der Waals surface area contributed by atoms with Gasteiger partial charge in [0.15, 0.2) is 0 Å². The van der Waals surface area contributed by atoms with Gasteiger partial charge in [-0.1, -0.05) is 79.8 Å². The molecule has 11 heteroatoms. The zero-order chi connectivity index (χ0) is 26.3. The van der Waals surface area contributed by atoms with Crippen LogP contribution in [0.25, 0.3) is 0 Å². The van der Waals surface area contributed by atoms with Crippen LogP contribution in [0.4, 0.5) is 5.69 Å². The number of hydrogen-bond acceptors (Lipinski definition) is 4. The molecule has 0 bridgehead atoms. The van der Waals surface area contributed by atoms with Crippen LogP contribution in [-0.2, 0) is 26.2 Å². The smallest absolute Gasteiger partial charge is 0.244 e. The Morgan fingerprint density at radius 3 is 2.20 bits per heavy atom. The van der Waals surface area contributed by atoms with Crippen LogP contribution in [0.1, 0.15) is 32.8 Å². The van der Waals surface area contributed by atoms with Crippen molar-refractivity contribution in [3.8, 4) is 0 Å². The summed E-state index contributed by atoms with van der Waals surface area (Å²) in [4.78, 5) is 28.0. The third-order valence-electron chi connectivity index (χ3n) is 5.25. The lowest BCUT2D eigenvalue weighted by Crippen LogP contribution is -2.52. The summed E-state index contributed by atoms with van der Waals surface area (Å²) in [5, 5.41) is 3.45. The molecule has 35 heavy (non-hydrogen) atoms. The van der Waals surface area contributed by atoms with E-state index in [0.717, 1.165) is 10.6 Å². The Labute approximate surface area is 222 Å². The van der Waals surface area contributed by atoms with Crippen molar-refractivity contribution in [2.75, 3.05) is 23.7 Å². The van der Waals surface area contributed by atoms with Crippen LogP contribution < -0.4 is 9.62 Å². The number of carbonyl (C=O) groups excluding carboxylic acids is 2. The van der Waals surface area contributed by atoms with Crippen molar-refractivity contribution in [3.63, 3.8) is 0 Å². The second-order valence-electron chi connectivity index (χ2n) is 8.52. The zero-order valence-corrected chi connectivity index (χ0v) is 23.2. The number of anilines is 1. The molecule has 192 valence electrons. The number of hydrogen-bond donors (Lipinski definition) is 1. The second kappa shape index (κ2) is 12.8. The highest BCUT2D eigenvalue weighted by atomic mass is 35.5. The maximum Gasteiger partial charge on any atom is 0.244 e. The normalized spacial score (nSPS) is 12.3. The Bertz CT molecular complexity index is 1160. The minimum absolute atomic E-state index is 0.00626. The third-order valence-corrected chi connectivity index (χ3v) is 7.55. The third kappa shape index (κ3) is 8.00. The quantitative estimate of drug-likeness (QED) is 0.418. The Kier molecular flexibility index (Phi) is 10.7. The Morgan fingerprint density at radius 1 is 1.00 bits per heavy atom. The molecule has 0 spiro atoms. The van der Waals surface area contributed by atoms with Crippen molar-refractivity contribution in [2.24, 2.45) is 5.92 Å². The Balaban J connectivity index is 2.48. The van der Waals surface area contributed by atoms with E-state index in [1.807, 2.05) is 13.8 Å². The van der Waals surface area contributed by atoms with Crippen molar-refractivity contribution >= 4 is 62.3 Å². The number of halogens is 3. The molecule has 1 atom stereocenters. The van der Waals surface area contributed by atoms with Gasteiger partial charge in [-0.15, -0.1) is 0 Å². The van der Waals surface area contributed by atoms with E-state index in [1.54, 1.807) is 37.3 Å². The van der Waals surface area contributed by atoms with Gasteiger partial charge in [0.1, 0.15) is 12.6 Å². The highest BCUT2D eigenvalue weighted by Gasteiger charge is 2.32. The molecule has 0 saturated carbocycles. The van der Waals surface area contributed by atoms with Crippen molar-refractivity contribution in [2.45, 2.75) is 39.8 Å². The van der Waals surface area contributed by atoms with Gasteiger partial charge in [-0.25, -0.2) is 8.42 Å². The number of rotatable bonds is 11. The number of benzene rings is 2. The summed E-state index contributed by atoms with van der Waals surface area (Å²) in [6.07, 6.45) is 1.29. The van der Waals surface area contributed by atoms with Crippen LogP contribution in [-0.4, -0.2) is 50.5 Å². The summed E-state index contributed by atoms with van der Waals surface area (Å²) in [6, 6.07) is 10.7. The number of amides is 2. The molecule has 2 aromatic rings. The summed E-state index contributed by atoms with van der Waals surface area (Å²) < 4.78 is 26.2. The van der Waals surface area contributed by atoms with Crippen molar-refractivity contribution < 1.29 is 18.0 Å². The molecule has 0 aliphatic carbocycles. The van der Waals surface area contributed by atoms with E-state index in [0.29, 0.717) is 23.6 Å². The molecule has 0 aromatic heterocycles. The summed E-state index contributed by atoms with van der Waals surface area (Å²) in [5.74, 6) is -0.693. The molecule has 2 rings (SSSR count). The first-order chi connectivity index (χ1) is 16.4. The highest BCUT2D eigenvalue weighted by molar-refractivity contribution is 7.92. The molecule has 0 aliphatic rings. The molecule has 1 unspecified atom stereocenters. The highest BCUT2D eigenvalue weighted by Crippen LogP contribution is 2.34. The van der Waals surface area contributed by atoms with Crippen LogP contribution in [0, 0.1) is 5.92 Å². The number of sulfonamides is 1. The van der Waals surface area contributed by atoms with E-state index in [-0.39, 0.29) is 34.1 Å². The van der Waals surface area contributed by atoms with Crippen LogP contribution >= 0.6 is 34.8 Å². The van der Waals surface area contributed by atoms with Gasteiger partial charge in [-0.05, 0) is 36.1 Å². The van der Waals surface area contributed by atoms with Gasteiger partial charge >= 0.3 is 0 Å². The molecule has 0 aliphatic heterocycles. The minimum Gasteiger partial charge on any atom is -0.354 e. The van der Waals surface area contributed by atoms with Gasteiger partial charge < -0.3 is 10.2 Å². The fourth-order valence-corrected chi connectivity index (χ4v) is 4.93. The van der Waals surface area contributed by atoms with Gasteiger partial charge in [0, 0.05) is 18.1 Å². The van der Waals surface area contributed by atoms with Gasteiger partial charge in [0.25, 0.3) is 0 Å². The van der Waals surface area contributed by atoms with E-state index < -0.39 is 28.5 Å². The fraction of sp³-hybridized carbons (Fsp3) is 0.417. The molecular formula is C24H30Cl3N3O4S. The van der Waals surface area contributed by atoms with E-state index in [9.17, 15) is 18.0 Å². The van der Waals surface area contributed by atoms with E-state index in [1.165, 1.54) is 17.0 Å². The number of carbonyl (C=O) groups is 2. The molecule has 0 heterocycles. The first kappa shape index (κ1) is 29.2. The standard InChI is InChI=1S/C24H30Cl3N3O4S/c1-5-20(24(32)28-13-16(2)3)29(14-17-9-6-7-10-18(17)25)22(31)15-30(35(4,33)34)21-12-8-11-19(26)23(21)27/h6-12,16,20H,5,13-15H2,1-4H3,(H,28,32). The summed E-state index contributed by atoms with van der Waals surface area (Å²) in [5.41, 5.74) is 0.703. The lowest BCUT2D eigenvalue weighted by molar-refractivity contribution is -0.140. The Hall–Kier alpha value is -2.00. The van der Waals surface area contributed by atoms with Crippen molar-refractivity contribution in [1.29, 1.82) is 0 Å². The summed E-state index contributed by atoms with van der Waals surface area (Å²) >= 11 is 18.7. The molecule has 7 nitrogen and oxygen atoms in total. The van der Waals surface area contributed by atoms with Gasteiger partial charge in [-0.3, -0.25) is 13.9 Å². The van der Waals surface area contributed by atoms with Crippen molar-refractivity contribution in [1.82, 2.24) is 10.2 Å². The lowest BCUT2D eigenvalue weighted by Gasteiger charge is -2.33. The van der Waals surface area contributed by atoms with Crippen molar-refractivity contribution in [3.05, 3.63) is 63.1 Å². The zero-order valence-electron chi connectivity index (χ0n) is 20.1. The number of nitrogens with one attached hydrogen (secondary N) is 1. The maximum absolute atomic E-state index is 13.6. The molecular weight excluding hydrogens is 533 g/mol. The number of nitrogens with zero attached hydrogens (tertiary/aromatic N) is 2. The first-order valence-corrected chi connectivity index (χ1v) is 14.1. The average Bonchev–Trinajstić information content (AvgIpc) is 2.78. The van der Waals surface area contributed by atoms with E-state index in [4.69, 9.17) is 34.8 Å². The van der Waals surface area contributed by atoms with Gasteiger partial charge in [-0.2, -0.15) is 0 Å². The SMILES string of the molecule is CCC(C(=O)NCC(C)C)N(Cc1ccccc1Cl)C(=O)CN(c1cccc(Cl)c1Cl)S(C)(=O)=O. The molecule has 2 aromatic carbocycles. The fourth-order valence-electron chi connectivity index (χ4n) is 3.43. The van der Waals surface area contributed by atoms with Crippen LogP contribution in [0.2, 0.25) is 15.1 Å². The van der Waals surface area contributed by atoms with E-state index >= 15 is 0 Å². The molecule has 2 amide bonds. The van der Waals surface area contributed by atoms with Crippen LogP contribution in [0.15, 0.2) is 42.5 Å². The molecule has 1 N–H and O–H groups in total. The maximum atomic E-state index is 13.6. The molecule has 0 saturated heterocycles. The Morgan fingerprint density at radius 2 is 1.63 bits per heavy atom. The molecule has 0 fully saturated rings. The van der Waals surface area contributed by atoms with Gasteiger partial charge in [0.05, 0.1) is 22.0 Å². The predicted molar refractivity (Wildman–Crippen MR) is 143 cm³/mol. The monoisotopic (exact) mass is 561 g/mol. The predicted octanol–water partition coefficient (Wildman–Crippen LogP) is 4.99. The van der Waals surface area contributed by atoms with Crippen LogP contribution in [0.5, 0.6) is 0 Å². The average molecular weight is 563 g/mol. The minimum atomic E-state index is -3.92. The van der Waals surface area contributed by atoms with E-state index in [2.05, 4.69) is 5.32 Å². The second-order valence-corrected chi connectivity index (χ2v) is 11.6. The van der Waals surface area contributed by atoms with Gasteiger partial charge in [0.2, 0.25) is 21.8 Å². The first-order valence-electron chi connectivity index (χ1n) is 11.1. The lowest BCUT2D eigenvalue weighted by atomic mass is 10.1.